The highest BCUT2D eigenvalue weighted by Crippen LogP contribution is 2.48. The van der Waals surface area contributed by atoms with Gasteiger partial charge in [-0.15, -0.1) is 0 Å². The van der Waals surface area contributed by atoms with E-state index < -0.39 is 35.0 Å². The first-order valence-electron chi connectivity index (χ1n) is 14.6. The van der Waals surface area contributed by atoms with Crippen molar-refractivity contribution in [1.29, 1.82) is 0 Å². The van der Waals surface area contributed by atoms with Gasteiger partial charge in [0.15, 0.2) is 0 Å². The van der Waals surface area contributed by atoms with E-state index >= 15 is 0 Å². The van der Waals surface area contributed by atoms with E-state index in [1.165, 1.54) is 36.9 Å². The van der Waals surface area contributed by atoms with Crippen LogP contribution in [-0.4, -0.2) is 44.0 Å². The number of amides is 1. The van der Waals surface area contributed by atoms with Gasteiger partial charge in [0.1, 0.15) is 23.2 Å². The van der Waals surface area contributed by atoms with Gasteiger partial charge in [0, 0.05) is 36.8 Å². The third kappa shape index (κ3) is 6.36. The summed E-state index contributed by atoms with van der Waals surface area (Å²) in [7, 11) is 2.27. The number of fused-ring (bicyclic) bond motifs is 3. The summed E-state index contributed by atoms with van der Waals surface area (Å²) >= 11 is 0. The summed E-state index contributed by atoms with van der Waals surface area (Å²) in [5.41, 5.74) is -1.03. The summed E-state index contributed by atoms with van der Waals surface area (Å²) in [4.78, 5) is 26.2. The normalized spacial score (nSPS) is 20.9. The van der Waals surface area contributed by atoms with E-state index in [0.717, 1.165) is 25.5 Å². The maximum Gasteiger partial charge on any atom is 0.432 e. The molecule has 10 heteroatoms. The predicted octanol–water partition coefficient (Wildman–Crippen LogP) is 7.12. The van der Waals surface area contributed by atoms with Crippen LogP contribution < -0.4 is 14.8 Å². The molecule has 1 amide bonds. The molecule has 0 saturated carbocycles. The maximum absolute atomic E-state index is 14.7. The monoisotopic (exact) mass is 615 g/mol. The van der Waals surface area contributed by atoms with E-state index in [0.29, 0.717) is 41.0 Å². The lowest BCUT2D eigenvalue weighted by Gasteiger charge is -2.44. The zero-order chi connectivity index (χ0) is 32.3. The van der Waals surface area contributed by atoms with Crippen molar-refractivity contribution in [3.8, 4) is 11.5 Å². The molecule has 1 N–H and O–H groups in total. The van der Waals surface area contributed by atoms with Crippen LogP contribution in [0.2, 0.25) is 0 Å². The number of rotatable bonds is 11. The van der Waals surface area contributed by atoms with Crippen molar-refractivity contribution >= 4 is 11.9 Å². The van der Waals surface area contributed by atoms with Crippen LogP contribution in [0.3, 0.4) is 0 Å². The van der Waals surface area contributed by atoms with E-state index in [1.807, 2.05) is 20.8 Å². The Bertz CT molecular complexity index is 1450. The summed E-state index contributed by atoms with van der Waals surface area (Å²) < 4.78 is 67.1. The van der Waals surface area contributed by atoms with E-state index in [9.17, 15) is 22.8 Å². The molecule has 238 valence electrons. The predicted molar refractivity (Wildman–Crippen MR) is 160 cm³/mol. The first-order valence-corrected chi connectivity index (χ1v) is 14.6. The molecular weight excluding hydrogens is 575 g/mol. The molecular formula is C34H40F3NO6. The Labute approximate surface area is 256 Å². The molecule has 0 saturated heterocycles. The lowest BCUT2D eigenvalue weighted by Crippen LogP contribution is -2.57. The number of methoxy groups -OCH3 is 2. The minimum atomic E-state index is -5.13. The SMILES string of the molecule is COc1cc2c(c3c1C[C@H](OC(=O)[C@@](OC)(c1ccccc1)C(F)(F)F)[C@](C)(CC/C=C(\C)CCC=C(C)C)O3)CNC2=O. The average molecular weight is 616 g/mol. The van der Waals surface area contributed by atoms with Gasteiger partial charge in [-0.3, -0.25) is 4.79 Å². The number of halogens is 3. The van der Waals surface area contributed by atoms with Crippen molar-refractivity contribution in [2.24, 2.45) is 0 Å². The summed E-state index contributed by atoms with van der Waals surface area (Å²) in [5, 5.41) is 2.79. The number of esters is 1. The zero-order valence-corrected chi connectivity index (χ0v) is 26.0. The highest BCUT2D eigenvalue weighted by Gasteiger charge is 2.65. The number of hydrogen-bond donors (Lipinski definition) is 1. The van der Waals surface area contributed by atoms with Gasteiger partial charge < -0.3 is 24.3 Å². The number of hydrogen-bond acceptors (Lipinski definition) is 6. The van der Waals surface area contributed by atoms with Gasteiger partial charge in [-0.25, -0.2) is 4.79 Å². The third-order valence-corrected chi connectivity index (χ3v) is 8.39. The van der Waals surface area contributed by atoms with E-state index in [1.54, 1.807) is 19.1 Å². The number of ether oxygens (including phenoxy) is 4. The maximum atomic E-state index is 14.7. The molecule has 0 unspecified atom stereocenters. The van der Waals surface area contributed by atoms with E-state index in [2.05, 4.69) is 17.5 Å². The largest absolute Gasteiger partial charge is 0.496 e. The van der Waals surface area contributed by atoms with Gasteiger partial charge in [0.05, 0.1) is 12.7 Å². The van der Waals surface area contributed by atoms with Crippen LogP contribution >= 0.6 is 0 Å². The number of carbonyl (C=O) groups is 2. The van der Waals surface area contributed by atoms with Gasteiger partial charge in [0.25, 0.3) is 11.5 Å². The fourth-order valence-electron chi connectivity index (χ4n) is 5.84. The van der Waals surface area contributed by atoms with Gasteiger partial charge >= 0.3 is 12.1 Å². The summed E-state index contributed by atoms with van der Waals surface area (Å²) in [5.74, 6) is -1.11. The lowest BCUT2D eigenvalue weighted by molar-refractivity contribution is -0.281. The molecule has 44 heavy (non-hydrogen) atoms. The lowest BCUT2D eigenvalue weighted by atomic mass is 9.83. The number of alkyl halides is 3. The second-order valence-corrected chi connectivity index (χ2v) is 11.8. The molecule has 2 aromatic carbocycles. The molecule has 2 aliphatic rings. The number of nitrogens with one attached hydrogen (secondary N) is 1. The quantitative estimate of drug-likeness (QED) is 0.214. The minimum Gasteiger partial charge on any atom is -0.496 e. The summed E-state index contributed by atoms with van der Waals surface area (Å²) in [6, 6.07) is 8.30. The Balaban J connectivity index is 1.73. The van der Waals surface area contributed by atoms with Crippen molar-refractivity contribution in [2.75, 3.05) is 14.2 Å². The molecule has 2 heterocycles. The Morgan fingerprint density at radius 1 is 1.09 bits per heavy atom. The van der Waals surface area contributed by atoms with Gasteiger partial charge in [-0.2, -0.15) is 13.2 Å². The van der Waals surface area contributed by atoms with Crippen LogP contribution in [0.4, 0.5) is 13.2 Å². The van der Waals surface area contributed by atoms with Crippen molar-refractivity contribution in [1.82, 2.24) is 5.32 Å². The number of allylic oxidation sites excluding steroid dienone is 4. The molecule has 0 bridgehead atoms. The molecule has 0 aromatic heterocycles. The van der Waals surface area contributed by atoms with Crippen LogP contribution in [-0.2, 0) is 32.8 Å². The molecule has 4 rings (SSSR count). The Morgan fingerprint density at radius 3 is 2.41 bits per heavy atom. The number of carbonyl (C=O) groups excluding carboxylic acids is 2. The van der Waals surface area contributed by atoms with E-state index in [4.69, 9.17) is 18.9 Å². The van der Waals surface area contributed by atoms with Crippen LogP contribution in [0.1, 0.15) is 80.4 Å². The first-order chi connectivity index (χ1) is 20.8. The van der Waals surface area contributed by atoms with Gasteiger partial charge in [0.2, 0.25) is 0 Å². The second kappa shape index (κ2) is 13.1. The molecule has 0 spiro atoms. The van der Waals surface area contributed by atoms with Crippen molar-refractivity contribution in [3.63, 3.8) is 0 Å². The second-order valence-electron chi connectivity index (χ2n) is 11.8. The average Bonchev–Trinajstić information content (AvgIpc) is 3.33. The molecule has 0 fully saturated rings. The van der Waals surface area contributed by atoms with Gasteiger partial charge in [-0.1, -0.05) is 53.6 Å². The zero-order valence-electron chi connectivity index (χ0n) is 26.0. The minimum absolute atomic E-state index is 0.0118. The van der Waals surface area contributed by atoms with Crippen LogP contribution in [0.25, 0.3) is 0 Å². The Kier molecular flexibility index (Phi) is 9.83. The standard InChI is InChI=1S/C34H40F3NO6/c1-21(2)12-10-13-22(3)14-11-17-32(4)28(19-25-27(41-5)18-24-26(29(25)44-32)20-38-30(24)39)43-31(40)33(42-6,34(35,36)37)23-15-8-7-9-16-23/h7-9,12,14-16,18,28H,10-11,13,17,19-20H2,1-6H3,(H,38,39)/b22-14+/t28-,32-,33-/m0/s1. The van der Waals surface area contributed by atoms with Gasteiger partial charge in [-0.05, 0) is 59.4 Å². The summed E-state index contributed by atoms with van der Waals surface area (Å²) in [6.45, 7) is 8.08. The Morgan fingerprint density at radius 2 is 1.80 bits per heavy atom. The Hall–Kier alpha value is -3.79. The van der Waals surface area contributed by atoms with Crippen LogP contribution in [0.15, 0.2) is 59.7 Å². The fourth-order valence-corrected chi connectivity index (χ4v) is 5.84. The third-order valence-electron chi connectivity index (χ3n) is 8.39. The fraction of sp³-hybridized carbons (Fsp3) is 0.471. The highest BCUT2D eigenvalue weighted by molar-refractivity contribution is 6.00. The van der Waals surface area contributed by atoms with Crippen molar-refractivity contribution < 1.29 is 41.7 Å². The van der Waals surface area contributed by atoms with Crippen molar-refractivity contribution in [3.05, 3.63) is 82.0 Å². The van der Waals surface area contributed by atoms with Crippen molar-refractivity contribution in [2.45, 2.75) is 89.8 Å². The molecule has 7 nitrogen and oxygen atoms in total. The van der Waals surface area contributed by atoms with Crippen LogP contribution in [0.5, 0.6) is 11.5 Å². The molecule has 3 atom stereocenters. The topological polar surface area (TPSA) is 83.1 Å². The van der Waals surface area contributed by atoms with E-state index in [-0.39, 0.29) is 18.9 Å². The molecule has 2 aliphatic heterocycles. The molecule has 2 aromatic rings. The number of benzene rings is 2. The molecule has 0 radical (unpaired) electrons. The van der Waals surface area contributed by atoms with Crippen LogP contribution in [0, 0.1) is 0 Å². The molecule has 0 aliphatic carbocycles. The first kappa shape index (κ1) is 33.1. The summed E-state index contributed by atoms with van der Waals surface area (Å²) in [6.07, 6.45) is 0.593. The highest BCUT2D eigenvalue weighted by atomic mass is 19.4. The smallest absolute Gasteiger partial charge is 0.432 e.